The minimum atomic E-state index is -0.0890. The summed E-state index contributed by atoms with van der Waals surface area (Å²) in [6.07, 6.45) is -0.0890. The predicted octanol–water partition coefficient (Wildman–Crippen LogP) is 3.26. The van der Waals surface area contributed by atoms with Gasteiger partial charge in [-0.15, -0.1) is 0 Å². The second-order valence-electron chi connectivity index (χ2n) is 5.59. The normalized spacial score (nSPS) is 13.5. The fraction of sp³-hybridized carbons (Fsp3) is 0.714. The lowest BCUT2D eigenvalue weighted by molar-refractivity contribution is -0.0191. The molecule has 102 valence electrons. The molecule has 0 saturated carbocycles. The van der Waals surface area contributed by atoms with Crippen LogP contribution < -0.4 is 5.32 Å². The molecule has 1 aromatic heterocycles. The topological polar surface area (TPSA) is 47.0 Å². The Labute approximate surface area is 110 Å². The summed E-state index contributed by atoms with van der Waals surface area (Å²) in [5, 5.41) is 3.12. The zero-order valence-electron chi connectivity index (χ0n) is 12.6. The summed E-state index contributed by atoms with van der Waals surface area (Å²) in [4.78, 5) is 9.18. The third-order valence-electron chi connectivity index (χ3n) is 3.00. The number of ether oxygens (including phenoxy) is 1. The van der Waals surface area contributed by atoms with E-state index in [9.17, 15) is 0 Å². The molecule has 0 aliphatic carbocycles. The molecule has 1 N–H and O–H groups in total. The Kier molecular flexibility index (Phi) is 4.68. The minimum Gasteiger partial charge on any atom is -0.373 e. The van der Waals surface area contributed by atoms with E-state index in [0.29, 0.717) is 6.61 Å². The molecule has 0 fully saturated rings. The Morgan fingerprint density at radius 1 is 1.22 bits per heavy atom. The number of nitrogens with zero attached hydrogens (tertiary/aromatic N) is 2. The molecule has 0 aliphatic heterocycles. The average molecular weight is 251 g/mol. The van der Waals surface area contributed by atoms with E-state index in [-0.39, 0.29) is 11.5 Å². The maximum atomic E-state index is 5.83. The SMILES string of the molecule is CCOC(c1nc(C)c(C)c(NC)n1)C(C)(C)C. The van der Waals surface area contributed by atoms with Gasteiger partial charge in [0, 0.05) is 24.9 Å². The summed E-state index contributed by atoms with van der Waals surface area (Å²) in [6, 6.07) is 0. The van der Waals surface area contributed by atoms with Gasteiger partial charge in [-0.25, -0.2) is 9.97 Å². The van der Waals surface area contributed by atoms with Crippen LogP contribution in [0.4, 0.5) is 5.82 Å². The lowest BCUT2D eigenvalue weighted by atomic mass is 9.88. The monoisotopic (exact) mass is 251 g/mol. The highest BCUT2D eigenvalue weighted by Crippen LogP contribution is 2.35. The van der Waals surface area contributed by atoms with Crippen LogP contribution in [0.3, 0.4) is 0 Å². The van der Waals surface area contributed by atoms with Gasteiger partial charge in [0.1, 0.15) is 11.9 Å². The molecule has 0 bridgehead atoms. The van der Waals surface area contributed by atoms with E-state index in [0.717, 1.165) is 22.9 Å². The molecule has 1 heterocycles. The van der Waals surface area contributed by atoms with Crippen molar-refractivity contribution >= 4 is 5.82 Å². The van der Waals surface area contributed by atoms with E-state index in [4.69, 9.17) is 4.74 Å². The summed E-state index contributed by atoms with van der Waals surface area (Å²) < 4.78 is 5.83. The van der Waals surface area contributed by atoms with Gasteiger partial charge in [0.25, 0.3) is 0 Å². The van der Waals surface area contributed by atoms with Crippen LogP contribution in [0, 0.1) is 19.3 Å². The van der Waals surface area contributed by atoms with E-state index in [1.54, 1.807) is 0 Å². The molecule has 4 nitrogen and oxygen atoms in total. The predicted molar refractivity (Wildman–Crippen MR) is 74.9 cm³/mol. The summed E-state index contributed by atoms with van der Waals surface area (Å²) in [7, 11) is 1.88. The van der Waals surface area contributed by atoms with Crippen LogP contribution in [0.5, 0.6) is 0 Å². The first kappa shape index (κ1) is 14.9. The molecule has 18 heavy (non-hydrogen) atoms. The number of anilines is 1. The van der Waals surface area contributed by atoms with E-state index >= 15 is 0 Å². The molecular formula is C14H25N3O. The van der Waals surface area contributed by atoms with Crippen molar-refractivity contribution in [2.24, 2.45) is 5.41 Å². The van der Waals surface area contributed by atoms with E-state index in [2.05, 4.69) is 36.1 Å². The molecule has 4 heteroatoms. The molecule has 1 rings (SSSR count). The molecule has 0 aromatic carbocycles. The largest absolute Gasteiger partial charge is 0.373 e. The fourth-order valence-electron chi connectivity index (χ4n) is 1.89. The lowest BCUT2D eigenvalue weighted by Crippen LogP contribution is -2.24. The molecule has 0 amide bonds. The number of aryl methyl sites for hydroxylation is 1. The molecule has 0 spiro atoms. The fourth-order valence-corrected chi connectivity index (χ4v) is 1.89. The Balaban J connectivity index is 3.25. The maximum Gasteiger partial charge on any atom is 0.160 e. The quantitative estimate of drug-likeness (QED) is 0.892. The zero-order valence-corrected chi connectivity index (χ0v) is 12.6. The van der Waals surface area contributed by atoms with E-state index in [1.807, 2.05) is 27.8 Å². The van der Waals surface area contributed by atoms with Crippen LogP contribution in [-0.4, -0.2) is 23.6 Å². The molecule has 0 saturated heterocycles. The number of hydrogen-bond acceptors (Lipinski definition) is 4. The third-order valence-corrected chi connectivity index (χ3v) is 3.00. The van der Waals surface area contributed by atoms with Crippen molar-refractivity contribution in [3.8, 4) is 0 Å². The summed E-state index contributed by atoms with van der Waals surface area (Å²) in [6.45, 7) is 13.1. The van der Waals surface area contributed by atoms with Crippen LogP contribution in [-0.2, 0) is 4.74 Å². The minimum absolute atomic E-state index is 0.0251. The van der Waals surface area contributed by atoms with Crippen LogP contribution in [0.1, 0.15) is 50.9 Å². The van der Waals surface area contributed by atoms with Gasteiger partial charge in [-0.05, 0) is 26.2 Å². The van der Waals surface area contributed by atoms with Crippen LogP contribution in [0.15, 0.2) is 0 Å². The van der Waals surface area contributed by atoms with Crippen molar-refractivity contribution in [2.75, 3.05) is 19.0 Å². The molecule has 0 aliphatic rings. The van der Waals surface area contributed by atoms with Crippen molar-refractivity contribution in [3.05, 3.63) is 17.1 Å². The highest BCUT2D eigenvalue weighted by Gasteiger charge is 2.30. The van der Waals surface area contributed by atoms with Gasteiger partial charge in [-0.3, -0.25) is 0 Å². The van der Waals surface area contributed by atoms with Crippen molar-refractivity contribution in [1.82, 2.24) is 9.97 Å². The van der Waals surface area contributed by atoms with Gasteiger partial charge in [-0.2, -0.15) is 0 Å². The molecule has 0 radical (unpaired) electrons. The Morgan fingerprint density at radius 2 is 1.83 bits per heavy atom. The van der Waals surface area contributed by atoms with Gasteiger partial charge < -0.3 is 10.1 Å². The lowest BCUT2D eigenvalue weighted by Gasteiger charge is -2.29. The third kappa shape index (κ3) is 3.19. The van der Waals surface area contributed by atoms with Gasteiger partial charge in [0.05, 0.1) is 0 Å². The summed E-state index contributed by atoms with van der Waals surface area (Å²) >= 11 is 0. The molecular weight excluding hydrogens is 226 g/mol. The number of nitrogens with one attached hydrogen (secondary N) is 1. The Hall–Kier alpha value is -1.16. The zero-order chi connectivity index (χ0) is 13.9. The second kappa shape index (κ2) is 5.65. The van der Waals surface area contributed by atoms with Crippen LogP contribution in [0.2, 0.25) is 0 Å². The molecule has 1 atom stereocenters. The van der Waals surface area contributed by atoms with Crippen molar-refractivity contribution in [3.63, 3.8) is 0 Å². The van der Waals surface area contributed by atoms with Gasteiger partial charge in [0.2, 0.25) is 0 Å². The smallest absolute Gasteiger partial charge is 0.160 e. The van der Waals surface area contributed by atoms with Crippen molar-refractivity contribution in [2.45, 2.75) is 47.6 Å². The van der Waals surface area contributed by atoms with E-state index < -0.39 is 0 Å². The molecule has 1 unspecified atom stereocenters. The van der Waals surface area contributed by atoms with Crippen molar-refractivity contribution < 1.29 is 4.74 Å². The summed E-state index contributed by atoms with van der Waals surface area (Å²) in [5.74, 6) is 1.64. The molecule has 1 aromatic rings. The average Bonchev–Trinajstić information content (AvgIpc) is 2.28. The van der Waals surface area contributed by atoms with Crippen LogP contribution in [0.25, 0.3) is 0 Å². The highest BCUT2D eigenvalue weighted by molar-refractivity contribution is 5.45. The number of rotatable bonds is 4. The highest BCUT2D eigenvalue weighted by atomic mass is 16.5. The van der Waals surface area contributed by atoms with Gasteiger partial charge >= 0.3 is 0 Å². The first-order valence-electron chi connectivity index (χ1n) is 6.45. The number of aromatic nitrogens is 2. The van der Waals surface area contributed by atoms with Crippen LogP contribution >= 0.6 is 0 Å². The first-order valence-corrected chi connectivity index (χ1v) is 6.45. The standard InChI is InChI=1S/C14H25N3O/c1-8-18-11(14(4,5)6)13-16-10(3)9(2)12(15-7)17-13/h11H,8H2,1-7H3,(H,15,16,17). The van der Waals surface area contributed by atoms with Gasteiger partial charge in [-0.1, -0.05) is 20.8 Å². The number of hydrogen-bond donors (Lipinski definition) is 1. The second-order valence-corrected chi connectivity index (χ2v) is 5.59. The first-order chi connectivity index (χ1) is 8.31. The summed E-state index contributed by atoms with van der Waals surface area (Å²) in [5.41, 5.74) is 2.06. The van der Waals surface area contributed by atoms with E-state index in [1.165, 1.54) is 0 Å². The maximum absolute atomic E-state index is 5.83. The Bertz CT molecular complexity index is 410. The Morgan fingerprint density at radius 3 is 2.28 bits per heavy atom. The van der Waals surface area contributed by atoms with Crippen molar-refractivity contribution in [1.29, 1.82) is 0 Å². The van der Waals surface area contributed by atoms with Gasteiger partial charge in [0.15, 0.2) is 5.82 Å².